The van der Waals surface area contributed by atoms with E-state index in [-0.39, 0.29) is 4.90 Å². The number of nitrogens with one attached hydrogen (secondary N) is 1. The van der Waals surface area contributed by atoms with Crippen LogP contribution in [-0.4, -0.2) is 29.4 Å². The van der Waals surface area contributed by atoms with E-state index < -0.39 is 15.6 Å². The van der Waals surface area contributed by atoms with Gasteiger partial charge in [0.15, 0.2) is 0 Å². The van der Waals surface area contributed by atoms with E-state index in [1.54, 1.807) is 64.9 Å². The summed E-state index contributed by atoms with van der Waals surface area (Å²) < 4.78 is 30.3. The van der Waals surface area contributed by atoms with Gasteiger partial charge < -0.3 is 4.42 Å². The summed E-state index contributed by atoms with van der Waals surface area (Å²) in [5.74, 6) is 0. The maximum Gasteiger partial charge on any atom is 0.345 e. The van der Waals surface area contributed by atoms with Crippen LogP contribution in [0.15, 0.2) is 110 Å². The zero-order valence-corrected chi connectivity index (χ0v) is 23.3. The van der Waals surface area contributed by atoms with Crippen LogP contribution in [0.4, 0.5) is 5.13 Å². The van der Waals surface area contributed by atoms with Crippen LogP contribution in [-0.2, 0) is 10.0 Å². The lowest BCUT2D eigenvalue weighted by Crippen LogP contribution is -2.12. The Kier molecular flexibility index (Phi) is 6.97. The van der Waals surface area contributed by atoms with Gasteiger partial charge in [-0.1, -0.05) is 41.9 Å². The molecule has 13 heteroatoms. The first-order valence-corrected chi connectivity index (χ1v) is 14.8. The fourth-order valence-electron chi connectivity index (χ4n) is 4.08. The highest BCUT2D eigenvalue weighted by atomic mass is 35.5. The van der Waals surface area contributed by atoms with E-state index >= 15 is 0 Å². The Hall–Kier alpha value is -4.62. The molecule has 10 nitrogen and oxygen atoms in total. The molecule has 0 aliphatic heterocycles. The Morgan fingerprint density at radius 3 is 2.56 bits per heavy atom. The number of primary sulfonamides is 1. The number of para-hydroxylation sites is 1. The number of hydrogen-bond donors (Lipinski definition) is 2. The first-order valence-electron chi connectivity index (χ1n) is 12.0. The van der Waals surface area contributed by atoms with Gasteiger partial charge in [-0.15, -0.1) is 11.3 Å². The minimum Gasteiger partial charge on any atom is -0.422 e. The molecular weight excluding hydrogens is 584 g/mol. The number of rotatable bonds is 7. The van der Waals surface area contributed by atoms with Crippen LogP contribution in [0, 0.1) is 0 Å². The molecule has 0 aliphatic carbocycles. The summed E-state index contributed by atoms with van der Waals surface area (Å²) in [7, 11) is -3.82. The second-order valence-electron chi connectivity index (χ2n) is 8.82. The molecule has 0 unspecified atom stereocenters. The number of hydrogen-bond acceptors (Lipinski definition) is 9. The maximum atomic E-state index is 12.5. The molecule has 0 radical (unpaired) electrons. The molecule has 0 saturated carbocycles. The zero-order chi connectivity index (χ0) is 28.6. The molecule has 0 atom stereocenters. The summed E-state index contributed by atoms with van der Waals surface area (Å²) in [6.07, 6.45) is 3.35. The molecule has 3 aromatic carbocycles. The zero-order valence-electron chi connectivity index (χ0n) is 20.9. The molecule has 6 rings (SSSR count). The van der Waals surface area contributed by atoms with Crippen molar-refractivity contribution in [2.45, 2.75) is 4.90 Å². The highest BCUT2D eigenvalue weighted by molar-refractivity contribution is 7.89. The van der Waals surface area contributed by atoms with Crippen molar-refractivity contribution in [2.75, 3.05) is 5.43 Å². The van der Waals surface area contributed by atoms with Crippen molar-refractivity contribution in [1.82, 2.24) is 14.8 Å². The number of aromatic nitrogens is 3. The molecule has 0 saturated heterocycles. The molecule has 41 heavy (non-hydrogen) atoms. The van der Waals surface area contributed by atoms with Crippen LogP contribution < -0.4 is 16.2 Å². The van der Waals surface area contributed by atoms with E-state index in [1.165, 1.54) is 23.5 Å². The fourth-order valence-corrected chi connectivity index (χ4v) is 5.38. The van der Waals surface area contributed by atoms with Gasteiger partial charge in [-0.25, -0.2) is 28.0 Å². The molecule has 3 heterocycles. The Labute approximate surface area is 242 Å². The van der Waals surface area contributed by atoms with E-state index in [0.717, 1.165) is 10.9 Å². The fraction of sp³-hybridized carbons (Fsp3) is 0. The average Bonchev–Trinajstić information content (AvgIpc) is 3.60. The van der Waals surface area contributed by atoms with Crippen LogP contribution in [0.3, 0.4) is 0 Å². The number of benzene rings is 3. The molecule has 0 bridgehead atoms. The standard InChI is InChI=1S/C28H19ClN6O4S2/c29-20-7-5-17(6-8-20)26-19(15-35(34-26)21-9-11-22(12-10-21)41(30,37)38)14-31-33-28-32-24(16-40-28)23-13-18-3-1-2-4-25(18)39-27(23)36/h1-16H,(H,32,33)(H2,30,37,38)/b31-14-. The van der Waals surface area contributed by atoms with Gasteiger partial charge in [-0.05, 0) is 48.5 Å². The molecule has 6 aromatic rings. The van der Waals surface area contributed by atoms with Gasteiger partial charge in [-0.2, -0.15) is 10.2 Å². The smallest absolute Gasteiger partial charge is 0.345 e. The number of nitrogens with zero attached hydrogens (tertiary/aromatic N) is 4. The van der Waals surface area contributed by atoms with E-state index in [9.17, 15) is 13.2 Å². The van der Waals surface area contributed by atoms with Crippen LogP contribution in [0.5, 0.6) is 0 Å². The van der Waals surface area contributed by atoms with Crippen LogP contribution in [0.1, 0.15) is 5.56 Å². The lowest BCUT2D eigenvalue weighted by molar-refractivity contribution is 0.563. The molecular formula is C28H19ClN6O4S2. The number of anilines is 1. The SMILES string of the molecule is NS(=O)(=O)c1ccc(-n2cc(/C=N\Nc3nc(-c4cc5ccccc5oc4=O)cs3)c(-c3ccc(Cl)cc3)n2)cc1. The first kappa shape index (κ1) is 26.6. The van der Waals surface area contributed by atoms with Crippen LogP contribution in [0.2, 0.25) is 5.02 Å². The summed E-state index contributed by atoms with van der Waals surface area (Å²) in [5, 5.41) is 17.9. The van der Waals surface area contributed by atoms with Gasteiger partial charge in [0.25, 0.3) is 0 Å². The molecule has 3 N–H and O–H groups in total. The van der Waals surface area contributed by atoms with Gasteiger partial charge in [0.2, 0.25) is 15.2 Å². The highest BCUT2D eigenvalue weighted by Gasteiger charge is 2.14. The minimum absolute atomic E-state index is 0.00148. The molecule has 0 spiro atoms. The van der Waals surface area contributed by atoms with E-state index in [0.29, 0.717) is 43.9 Å². The molecule has 204 valence electrons. The monoisotopic (exact) mass is 602 g/mol. The van der Waals surface area contributed by atoms with Crippen molar-refractivity contribution >= 4 is 55.3 Å². The number of hydrazone groups is 1. The molecule has 3 aromatic heterocycles. The van der Waals surface area contributed by atoms with Crippen molar-refractivity contribution in [1.29, 1.82) is 0 Å². The number of thiazole rings is 1. The predicted octanol–water partition coefficient (Wildman–Crippen LogP) is 5.52. The van der Waals surface area contributed by atoms with E-state index in [1.807, 2.05) is 24.3 Å². The van der Waals surface area contributed by atoms with Gasteiger partial charge >= 0.3 is 5.63 Å². The van der Waals surface area contributed by atoms with Crippen LogP contribution in [0.25, 0.3) is 39.2 Å². The Morgan fingerprint density at radius 1 is 1.05 bits per heavy atom. The minimum atomic E-state index is -3.82. The molecule has 0 amide bonds. The normalized spacial score (nSPS) is 11.9. The van der Waals surface area contributed by atoms with E-state index in [2.05, 4.69) is 15.5 Å². The third-order valence-corrected chi connectivity index (χ3v) is 8.00. The molecule has 0 fully saturated rings. The summed E-state index contributed by atoms with van der Waals surface area (Å²) in [4.78, 5) is 17.0. The van der Waals surface area contributed by atoms with Crippen molar-refractivity contribution < 1.29 is 12.8 Å². The highest BCUT2D eigenvalue weighted by Crippen LogP contribution is 2.27. The predicted molar refractivity (Wildman–Crippen MR) is 160 cm³/mol. The second-order valence-corrected chi connectivity index (χ2v) is 11.7. The summed E-state index contributed by atoms with van der Waals surface area (Å²) in [6.45, 7) is 0. The van der Waals surface area contributed by atoms with E-state index in [4.69, 9.17) is 26.3 Å². The Bertz CT molecular complexity index is 2080. The lowest BCUT2D eigenvalue weighted by Gasteiger charge is -2.03. The number of halogens is 1. The van der Waals surface area contributed by atoms with Crippen molar-refractivity contribution in [3.63, 3.8) is 0 Å². The maximum absolute atomic E-state index is 12.5. The van der Waals surface area contributed by atoms with Gasteiger partial charge in [0.05, 0.1) is 28.1 Å². The number of fused-ring (bicyclic) bond motifs is 1. The number of nitrogens with two attached hydrogens (primary N) is 1. The Morgan fingerprint density at radius 2 is 1.80 bits per heavy atom. The summed E-state index contributed by atoms with van der Waals surface area (Å²) >= 11 is 7.37. The quantitative estimate of drug-likeness (QED) is 0.139. The third kappa shape index (κ3) is 5.67. The van der Waals surface area contributed by atoms with Crippen molar-refractivity contribution in [3.05, 3.63) is 111 Å². The Balaban J connectivity index is 1.28. The van der Waals surface area contributed by atoms with Crippen LogP contribution >= 0.6 is 22.9 Å². The summed E-state index contributed by atoms with van der Waals surface area (Å²) in [6, 6.07) is 22.3. The topological polar surface area (TPSA) is 145 Å². The molecule has 0 aliphatic rings. The average molecular weight is 603 g/mol. The van der Waals surface area contributed by atoms with Crippen molar-refractivity contribution in [3.8, 4) is 28.2 Å². The van der Waals surface area contributed by atoms with Gasteiger partial charge in [-0.3, -0.25) is 5.43 Å². The number of sulfonamides is 1. The largest absolute Gasteiger partial charge is 0.422 e. The van der Waals surface area contributed by atoms with Gasteiger partial charge in [0, 0.05) is 33.1 Å². The first-order chi connectivity index (χ1) is 19.7. The van der Waals surface area contributed by atoms with Gasteiger partial charge in [0.1, 0.15) is 11.3 Å². The summed E-state index contributed by atoms with van der Waals surface area (Å²) in [5.41, 5.74) is 6.50. The third-order valence-electron chi connectivity index (χ3n) is 6.08. The van der Waals surface area contributed by atoms with Crippen molar-refractivity contribution in [2.24, 2.45) is 10.2 Å². The lowest BCUT2D eigenvalue weighted by atomic mass is 10.1. The second kappa shape index (κ2) is 10.7.